The lowest BCUT2D eigenvalue weighted by Crippen LogP contribution is -2.36. The van der Waals surface area contributed by atoms with Crippen LogP contribution in [0.25, 0.3) is 0 Å². The molecule has 0 saturated carbocycles. The molecular weight excluding hydrogens is 565 g/mol. The summed E-state index contributed by atoms with van der Waals surface area (Å²) in [5.74, 6) is 1.66. The van der Waals surface area contributed by atoms with Gasteiger partial charge < -0.3 is 24.6 Å². The lowest BCUT2D eigenvalue weighted by atomic mass is 9.78. The van der Waals surface area contributed by atoms with Crippen LogP contribution in [0.4, 0.5) is 0 Å². The molecule has 1 aliphatic heterocycles. The highest BCUT2D eigenvalue weighted by molar-refractivity contribution is 14.1. The van der Waals surface area contributed by atoms with Gasteiger partial charge in [-0.15, -0.1) is 11.6 Å². The van der Waals surface area contributed by atoms with Crippen molar-refractivity contribution >= 4 is 34.2 Å². The zero-order chi connectivity index (χ0) is 24.6. The summed E-state index contributed by atoms with van der Waals surface area (Å²) in [6.45, 7) is 7.68. The summed E-state index contributed by atoms with van der Waals surface area (Å²) in [5.41, 5.74) is 2.13. The molecule has 188 valence electrons. The number of hydrogen-bond acceptors (Lipinski definition) is 5. The van der Waals surface area contributed by atoms with E-state index in [1.807, 2.05) is 18.2 Å². The third kappa shape index (κ3) is 7.98. The number of hydrogen-bond donors (Lipinski definition) is 2. The molecule has 0 spiro atoms. The molecule has 3 rings (SSSR count). The molecule has 0 unspecified atom stereocenters. The first kappa shape index (κ1) is 27.5. The first-order valence-corrected chi connectivity index (χ1v) is 13.7. The Kier molecular flexibility index (Phi) is 10.8. The first-order chi connectivity index (χ1) is 16.3. The third-order valence-corrected chi connectivity index (χ3v) is 7.65. The second-order valence-corrected chi connectivity index (χ2v) is 11.1. The second-order valence-electron chi connectivity index (χ2n) is 9.59. The van der Waals surface area contributed by atoms with Crippen molar-refractivity contribution in [3.8, 4) is 11.5 Å². The lowest BCUT2D eigenvalue weighted by Gasteiger charge is -2.27. The minimum absolute atomic E-state index is 0.152. The van der Waals surface area contributed by atoms with Crippen LogP contribution in [-0.4, -0.2) is 66.0 Å². The van der Waals surface area contributed by atoms with E-state index in [1.165, 1.54) is 36.8 Å². The molecule has 1 fully saturated rings. The van der Waals surface area contributed by atoms with Crippen molar-refractivity contribution in [2.75, 3.05) is 38.7 Å². The lowest BCUT2D eigenvalue weighted by molar-refractivity contribution is 0.0693. The fourth-order valence-corrected chi connectivity index (χ4v) is 4.99. The van der Waals surface area contributed by atoms with Crippen LogP contribution in [0.2, 0.25) is 0 Å². The zero-order valence-corrected chi connectivity index (χ0v) is 23.1. The summed E-state index contributed by atoms with van der Waals surface area (Å²) < 4.78 is 12.6. The highest BCUT2D eigenvalue weighted by atomic mass is 127. The van der Waals surface area contributed by atoms with Crippen LogP contribution in [0.1, 0.15) is 50.7 Å². The van der Waals surface area contributed by atoms with Crippen molar-refractivity contribution in [3.05, 3.63) is 57.2 Å². The molecular formula is C27H37ClINO4. The van der Waals surface area contributed by atoms with Gasteiger partial charge in [0, 0.05) is 12.0 Å². The molecule has 1 saturated heterocycles. The van der Waals surface area contributed by atoms with Gasteiger partial charge in [-0.25, -0.2) is 0 Å². The largest absolute Gasteiger partial charge is 0.491 e. The number of alkyl halides is 1. The van der Waals surface area contributed by atoms with Gasteiger partial charge in [-0.1, -0.05) is 44.9 Å². The van der Waals surface area contributed by atoms with Gasteiger partial charge in [-0.2, -0.15) is 0 Å². The van der Waals surface area contributed by atoms with Crippen molar-refractivity contribution in [3.63, 3.8) is 0 Å². The fourth-order valence-electron chi connectivity index (χ4n) is 4.23. The molecule has 5 nitrogen and oxygen atoms in total. The maximum Gasteiger partial charge on any atom is 0.132 e. The molecule has 0 amide bonds. The molecule has 2 aromatic rings. The normalized spacial score (nSPS) is 17.1. The molecule has 0 aromatic heterocycles. The number of ether oxygens (including phenoxy) is 2. The quantitative estimate of drug-likeness (QED) is 0.274. The average Bonchev–Trinajstić information content (AvgIpc) is 3.10. The fraction of sp³-hybridized carbons (Fsp3) is 0.556. The van der Waals surface area contributed by atoms with Crippen molar-refractivity contribution in [2.45, 2.75) is 57.2 Å². The number of halogens is 2. The molecule has 2 aromatic carbocycles. The van der Waals surface area contributed by atoms with E-state index >= 15 is 0 Å². The number of nitrogens with zero attached hydrogens (tertiary/aromatic N) is 1. The molecule has 0 bridgehead atoms. The molecule has 0 aliphatic carbocycles. The maximum atomic E-state index is 10.4. The van der Waals surface area contributed by atoms with E-state index in [0.29, 0.717) is 13.2 Å². The number of benzene rings is 2. The standard InChI is InChI=1S/C27H37ClINO4/c1-27(2,21-9-12-26(25(29)15-21)34-18-22(31)16-28)20-7-10-24(11-8-20)33-19-23(32)17-30-13-5-3-4-6-14-30/h7-12,15,22-23,31-32H,3-6,13-14,16-19H2,1-2H3/t22-,23+/m0/s1. The summed E-state index contributed by atoms with van der Waals surface area (Å²) in [5, 5.41) is 20.1. The summed E-state index contributed by atoms with van der Waals surface area (Å²) in [6.07, 6.45) is 3.86. The predicted octanol–water partition coefficient (Wildman–Crippen LogP) is 5.21. The van der Waals surface area contributed by atoms with Crippen LogP contribution >= 0.6 is 34.2 Å². The number of aliphatic hydroxyl groups is 2. The van der Waals surface area contributed by atoms with E-state index in [2.05, 4.69) is 65.6 Å². The Hall–Kier alpha value is -1.06. The minimum Gasteiger partial charge on any atom is -0.491 e. The smallest absolute Gasteiger partial charge is 0.132 e. The summed E-state index contributed by atoms with van der Waals surface area (Å²) in [7, 11) is 0. The van der Waals surface area contributed by atoms with Gasteiger partial charge in [0.15, 0.2) is 0 Å². The maximum absolute atomic E-state index is 10.4. The number of β-amino-alcohol motifs (C(OH)–C–C–N with tert-alkyl or cyclic N) is 1. The minimum atomic E-state index is -0.676. The Balaban J connectivity index is 1.56. The third-order valence-electron chi connectivity index (χ3n) is 6.45. The SMILES string of the molecule is CC(C)(c1ccc(OC[C@H](O)CN2CCCCCC2)cc1)c1ccc(OC[C@@H](O)CCl)c(I)c1. The zero-order valence-electron chi connectivity index (χ0n) is 20.2. The Morgan fingerprint density at radius 3 is 2.15 bits per heavy atom. The van der Waals surface area contributed by atoms with E-state index in [0.717, 1.165) is 28.2 Å². The Bertz CT molecular complexity index is 885. The number of likely N-dealkylation sites (tertiary alicyclic amines) is 1. The van der Waals surface area contributed by atoms with Gasteiger partial charge in [0.25, 0.3) is 0 Å². The summed E-state index contributed by atoms with van der Waals surface area (Å²) in [6, 6.07) is 14.3. The summed E-state index contributed by atoms with van der Waals surface area (Å²) in [4.78, 5) is 2.35. The molecule has 2 N–H and O–H groups in total. The monoisotopic (exact) mass is 601 g/mol. The molecule has 7 heteroatoms. The van der Waals surface area contributed by atoms with Crippen LogP contribution in [0.5, 0.6) is 11.5 Å². The Labute approximate surface area is 222 Å². The predicted molar refractivity (Wildman–Crippen MR) is 146 cm³/mol. The van der Waals surface area contributed by atoms with E-state index < -0.39 is 12.2 Å². The van der Waals surface area contributed by atoms with Gasteiger partial charge in [0.1, 0.15) is 36.9 Å². The van der Waals surface area contributed by atoms with Crippen molar-refractivity contribution in [1.82, 2.24) is 4.90 Å². The topological polar surface area (TPSA) is 62.2 Å². The Morgan fingerprint density at radius 2 is 1.53 bits per heavy atom. The van der Waals surface area contributed by atoms with Crippen LogP contribution in [-0.2, 0) is 5.41 Å². The van der Waals surface area contributed by atoms with Gasteiger partial charge in [0.2, 0.25) is 0 Å². The van der Waals surface area contributed by atoms with Crippen molar-refractivity contribution < 1.29 is 19.7 Å². The summed E-state index contributed by atoms with van der Waals surface area (Å²) >= 11 is 7.91. The van der Waals surface area contributed by atoms with Crippen molar-refractivity contribution in [2.24, 2.45) is 0 Å². The second kappa shape index (κ2) is 13.3. The van der Waals surface area contributed by atoms with Crippen LogP contribution in [0.15, 0.2) is 42.5 Å². The Morgan fingerprint density at radius 1 is 0.912 bits per heavy atom. The van der Waals surface area contributed by atoms with Crippen LogP contribution in [0.3, 0.4) is 0 Å². The molecule has 34 heavy (non-hydrogen) atoms. The highest BCUT2D eigenvalue weighted by Crippen LogP contribution is 2.35. The van der Waals surface area contributed by atoms with Crippen molar-refractivity contribution in [1.29, 1.82) is 0 Å². The van der Waals surface area contributed by atoms with E-state index in [1.54, 1.807) is 0 Å². The number of aliphatic hydroxyl groups excluding tert-OH is 2. The molecule has 2 atom stereocenters. The first-order valence-electron chi connectivity index (χ1n) is 12.1. The number of rotatable bonds is 11. The van der Waals surface area contributed by atoms with Gasteiger partial charge in [-0.05, 0) is 83.9 Å². The molecule has 1 aliphatic rings. The van der Waals surface area contributed by atoms with Gasteiger partial charge >= 0.3 is 0 Å². The van der Waals surface area contributed by atoms with Gasteiger partial charge in [-0.3, -0.25) is 0 Å². The van der Waals surface area contributed by atoms with E-state index in [4.69, 9.17) is 21.1 Å². The average molecular weight is 602 g/mol. The molecule has 1 heterocycles. The van der Waals surface area contributed by atoms with E-state index in [-0.39, 0.29) is 17.9 Å². The molecule has 0 radical (unpaired) electrons. The van der Waals surface area contributed by atoms with E-state index in [9.17, 15) is 10.2 Å². The van der Waals surface area contributed by atoms with Crippen LogP contribution < -0.4 is 9.47 Å². The highest BCUT2D eigenvalue weighted by Gasteiger charge is 2.24. The van der Waals surface area contributed by atoms with Crippen LogP contribution in [0, 0.1) is 3.57 Å². The van der Waals surface area contributed by atoms with Gasteiger partial charge in [0.05, 0.1) is 9.45 Å².